The predicted molar refractivity (Wildman–Crippen MR) is 87.9 cm³/mol. The van der Waals surface area contributed by atoms with Crippen molar-refractivity contribution < 1.29 is 5.11 Å². The van der Waals surface area contributed by atoms with Gasteiger partial charge in [-0.1, -0.05) is 72.2 Å². The van der Waals surface area contributed by atoms with Crippen molar-refractivity contribution in [1.29, 1.82) is 0 Å². The number of rotatable bonds is 4. The molecule has 0 heterocycles. The summed E-state index contributed by atoms with van der Waals surface area (Å²) in [6, 6.07) is 16.4. The first kappa shape index (κ1) is 15.3. The maximum atomic E-state index is 10.8. The van der Waals surface area contributed by atoms with Gasteiger partial charge in [0.15, 0.2) is 0 Å². The molecule has 20 heavy (non-hydrogen) atoms. The van der Waals surface area contributed by atoms with E-state index in [4.69, 9.17) is 0 Å². The summed E-state index contributed by atoms with van der Waals surface area (Å²) in [6.45, 7) is 6.24. The van der Waals surface area contributed by atoms with Crippen molar-refractivity contribution in [2.24, 2.45) is 0 Å². The molecule has 0 radical (unpaired) electrons. The highest BCUT2D eigenvalue weighted by molar-refractivity contribution is 9.10. The van der Waals surface area contributed by atoms with Crippen LogP contribution in [-0.4, -0.2) is 5.11 Å². The van der Waals surface area contributed by atoms with Crippen LogP contribution in [0, 0.1) is 0 Å². The summed E-state index contributed by atoms with van der Waals surface area (Å²) < 4.78 is 0.948. The Labute approximate surface area is 129 Å². The summed E-state index contributed by atoms with van der Waals surface area (Å²) in [5, 5.41) is 10.8. The van der Waals surface area contributed by atoms with E-state index < -0.39 is 5.60 Å². The van der Waals surface area contributed by atoms with Crippen LogP contribution in [0.4, 0.5) is 0 Å². The molecule has 0 aliphatic heterocycles. The van der Waals surface area contributed by atoms with Gasteiger partial charge in [0, 0.05) is 10.9 Å². The van der Waals surface area contributed by atoms with Crippen molar-refractivity contribution in [2.45, 2.75) is 38.7 Å². The van der Waals surface area contributed by atoms with Gasteiger partial charge in [0.25, 0.3) is 0 Å². The van der Waals surface area contributed by atoms with E-state index in [1.54, 1.807) is 0 Å². The molecule has 106 valence electrons. The lowest BCUT2D eigenvalue weighted by Crippen LogP contribution is -2.24. The molecular weight excluding hydrogens is 312 g/mol. The third-order valence-corrected chi connectivity index (χ3v) is 4.34. The van der Waals surface area contributed by atoms with E-state index in [0.717, 1.165) is 15.6 Å². The van der Waals surface area contributed by atoms with Crippen LogP contribution in [0.2, 0.25) is 0 Å². The van der Waals surface area contributed by atoms with Crippen molar-refractivity contribution in [1.82, 2.24) is 0 Å². The van der Waals surface area contributed by atoms with E-state index in [0.29, 0.717) is 12.3 Å². The molecule has 1 unspecified atom stereocenters. The monoisotopic (exact) mass is 332 g/mol. The van der Waals surface area contributed by atoms with Gasteiger partial charge in [0.1, 0.15) is 0 Å². The fraction of sp³-hybridized carbons (Fsp3) is 0.333. The second kappa shape index (κ2) is 6.11. The zero-order chi connectivity index (χ0) is 14.8. The first-order valence-electron chi connectivity index (χ1n) is 6.96. The molecular formula is C18H21BrO. The van der Waals surface area contributed by atoms with Crippen LogP contribution < -0.4 is 0 Å². The minimum absolute atomic E-state index is 0.535. The zero-order valence-corrected chi connectivity index (χ0v) is 13.8. The molecule has 0 bridgehead atoms. The fourth-order valence-corrected chi connectivity index (χ4v) is 3.12. The Bertz CT molecular complexity index is 570. The molecule has 0 aliphatic rings. The Morgan fingerprint density at radius 3 is 2.20 bits per heavy atom. The number of hydrogen-bond acceptors (Lipinski definition) is 1. The molecule has 0 amide bonds. The van der Waals surface area contributed by atoms with Gasteiger partial charge in [-0.05, 0) is 35.6 Å². The lowest BCUT2D eigenvalue weighted by molar-refractivity contribution is 0.0569. The van der Waals surface area contributed by atoms with Crippen molar-refractivity contribution >= 4 is 15.9 Å². The number of halogens is 1. The van der Waals surface area contributed by atoms with Crippen LogP contribution in [0.5, 0.6) is 0 Å². The summed E-state index contributed by atoms with van der Waals surface area (Å²) >= 11 is 3.52. The minimum Gasteiger partial charge on any atom is -0.385 e. The molecule has 0 fully saturated rings. The first-order valence-corrected chi connectivity index (χ1v) is 7.75. The van der Waals surface area contributed by atoms with Crippen molar-refractivity contribution in [2.75, 3.05) is 0 Å². The maximum Gasteiger partial charge on any atom is 0.0919 e. The van der Waals surface area contributed by atoms with Crippen LogP contribution in [0.25, 0.3) is 0 Å². The number of benzene rings is 2. The summed E-state index contributed by atoms with van der Waals surface area (Å²) in [7, 11) is 0. The largest absolute Gasteiger partial charge is 0.385 e. The summed E-state index contributed by atoms with van der Waals surface area (Å²) in [6.07, 6.45) is 0.605. The van der Waals surface area contributed by atoms with Gasteiger partial charge in [-0.15, -0.1) is 0 Å². The van der Waals surface area contributed by atoms with Crippen LogP contribution in [-0.2, 0) is 12.0 Å². The average molecular weight is 333 g/mol. The Hall–Kier alpha value is -1.12. The fourth-order valence-electron chi connectivity index (χ4n) is 2.41. The highest BCUT2D eigenvalue weighted by atomic mass is 79.9. The number of aliphatic hydroxyl groups is 1. The highest BCUT2D eigenvalue weighted by Gasteiger charge is 2.25. The van der Waals surface area contributed by atoms with Crippen LogP contribution >= 0.6 is 15.9 Å². The van der Waals surface area contributed by atoms with Gasteiger partial charge in [-0.25, -0.2) is 0 Å². The molecule has 0 saturated heterocycles. The number of hydrogen-bond donors (Lipinski definition) is 1. The van der Waals surface area contributed by atoms with E-state index in [2.05, 4.69) is 54.0 Å². The van der Waals surface area contributed by atoms with E-state index in [1.807, 2.05) is 31.2 Å². The van der Waals surface area contributed by atoms with Gasteiger partial charge in [0.05, 0.1) is 5.60 Å². The van der Waals surface area contributed by atoms with Gasteiger partial charge in [-0.3, -0.25) is 0 Å². The SMILES string of the molecule is CC(C)c1ccc(CC(C)(O)c2ccccc2Br)cc1. The van der Waals surface area contributed by atoms with Gasteiger partial charge < -0.3 is 5.11 Å². The van der Waals surface area contributed by atoms with Crippen LogP contribution in [0.15, 0.2) is 53.0 Å². The molecule has 0 saturated carbocycles. The second-order valence-electron chi connectivity index (χ2n) is 5.83. The summed E-state index contributed by atoms with van der Waals surface area (Å²) in [5.74, 6) is 0.535. The standard InChI is InChI=1S/C18H21BrO/c1-13(2)15-10-8-14(9-11-15)12-18(3,20)16-6-4-5-7-17(16)19/h4-11,13,20H,12H2,1-3H3. The smallest absolute Gasteiger partial charge is 0.0919 e. The maximum absolute atomic E-state index is 10.8. The van der Waals surface area contributed by atoms with Crippen molar-refractivity contribution in [3.8, 4) is 0 Å². The molecule has 2 heteroatoms. The average Bonchev–Trinajstić information content (AvgIpc) is 2.39. The predicted octanol–water partition coefficient (Wildman–Crippen LogP) is 5.02. The van der Waals surface area contributed by atoms with Gasteiger partial charge in [-0.2, -0.15) is 0 Å². The Morgan fingerprint density at radius 2 is 1.65 bits per heavy atom. The van der Waals surface area contributed by atoms with Gasteiger partial charge in [0.2, 0.25) is 0 Å². The molecule has 0 spiro atoms. The highest BCUT2D eigenvalue weighted by Crippen LogP contribution is 2.31. The van der Waals surface area contributed by atoms with Crippen LogP contribution in [0.1, 0.15) is 43.4 Å². The molecule has 0 aliphatic carbocycles. The van der Waals surface area contributed by atoms with Crippen molar-refractivity contribution in [3.63, 3.8) is 0 Å². The molecule has 2 rings (SSSR count). The molecule has 0 aromatic heterocycles. The molecule has 1 nitrogen and oxygen atoms in total. The Balaban J connectivity index is 2.22. The third kappa shape index (κ3) is 3.50. The minimum atomic E-state index is -0.876. The van der Waals surface area contributed by atoms with E-state index in [9.17, 15) is 5.11 Å². The Morgan fingerprint density at radius 1 is 1.05 bits per heavy atom. The summed E-state index contributed by atoms with van der Waals surface area (Å²) in [4.78, 5) is 0. The Kier molecular flexibility index (Phi) is 4.66. The third-order valence-electron chi connectivity index (χ3n) is 3.65. The van der Waals surface area contributed by atoms with Crippen molar-refractivity contribution in [3.05, 3.63) is 69.7 Å². The zero-order valence-electron chi connectivity index (χ0n) is 12.2. The molecule has 2 aromatic carbocycles. The lowest BCUT2D eigenvalue weighted by atomic mass is 9.88. The summed E-state index contributed by atoms with van der Waals surface area (Å²) in [5.41, 5.74) is 2.52. The second-order valence-corrected chi connectivity index (χ2v) is 6.68. The van der Waals surface area contributed by atoms with Crippen LogP contribution in [0.3, 0.4) is 0 Å². The molecule has 2 aromatic rings. The lowest BCUT2D eigenvalue weighted by Gasteiger charge is -2.25. The normalized spacial score (nSPS) is 14.3. The van der Waals surface area contributed by atoms with E-state index in [1.165, 1.54) is 5.56 Å². The van der Waals surface area contributed by atoms with E-state index in [-0.39, 0.29) is 0 Å². The van der Waals surface area contributed by atoms with E-state index >= 15 is 0 Å². The topological polar surface area (TPSA) is 20.2 Å². The molecule has 1 atom stereocenters. The molecule has 1 N–H and O–H groups in total. The first-order chi connectivity index (χ1) is 9.40. The quantitative estimate of drug-likeness (QED) is 0.833. The van der Waals surface area contributed by atoms with Gasteiger partial charge >= 0.3 is 0 Å².